The third-order valence-electron chi connectivity index (χ3n) is 4.84. The van der Waals surface area contributed by atoms with Crippen molar-refractivity contribution in [1.82, 2.24) is 9.78 Å². The second-order valence-electron chi connectivity index (χ2n) is 6.77. The molecule has 0 saturated carbocycles. The third-order valence-corrected chi connectivity index (χ3v) is 5.12. The quantitative estimate of drug-likeness (QED) is 0.651. The van der Waals surface area contributed by atoms with Gasteiger partial charge in [-0.05, 0) is 24.5 Å². The number of carbonyl (C=O) groups is 1. The molecular formula is C18H17BClN5O4. The van der Waals surface area contributed by atoms with Gasteiger partial charge >= 0.3 is 7.12 Å². The third kappa shape index (κ3) is 3.80. The van der Waals surface area contributed by atoms with Crippen LogP contribution in [-0.4, -0.2) is 41.0 Å². The number of fused-ring (bicyclic) bond motifs is 1. The maximum Gasteiger partial charge on any atom is 0.552 e. The Kier molecular flexibility index (Phi) is 5.19. The van der Waals surface area contributed by atoms with E-state index in [1.54, 1.807) is 22.9 Å². The number of hydrogen-bond acceptors (Lipinski definition) is 7. The summed E-state index contributed by atoms with van der Waals surface area (Å²) in [7, 11) is -1.05. The molecule has 0 bridgehead atoms. The Labute approximate surface area is 171 Å². The molecule has 29 heavy (non-hydrogen) atoms. The Morgan fingerprint density at radius 3 is 3.10 bits per heavy atom. The standard InChI is InChI=1S/C18H17BClN5O4/c20-14-6-12(5-10-1-3-19(27)29-16(10)14)23-18-13(17(22)26)8-25(24-18)15-9-28-4-2-11(15)7-21/h1,3,5-6,8,11,15,27H,2,4,9H2,(H2,22,26)(H,23,24)/t11?,15-/m0/s1. The number of aromatic nitrogens is 2. The van der Waals surface area contributed by atoms with E-state index in [0.717, 1.165) is 0 Å². The van der Waals surface area contributed by atoms with Gasteiger partial charge in [0.25, 0.3) is 5.91 Å². The Balaban J connectivity index is 1.67. The Hall–Kier alpha value is -3.00. The van der Waals surface area contributed by atoms with Crippen LogP contribution >= 0.6 is 11.6 Å². The molecule has 2 aliphatic heterocycles. The smallest absolute Gasteiger partial charge is 0.531 e. The Bertz CT molecular complexity index is 1030. The maximum absolute atomic E-state index is 11.9. The summed E-state index contributed by atoms with van der Waals surface area (Å²) in [4.78, 5) is 11.9. The lowest BCUT2D eigenvalue weighted by Crippen LogP contribution is -2.29. The van der Waals surface area contributed by atoms with E-state index in [-0.39, 0.29) is 23.3 Å². The van der Waals surface area contributed by atoms with E-state index in [0.29, 0.717) is 41.7 Å². The fraction of sp³-hybridized carbons (Fsp3) is 0.278. The lowest BCUT2D eigenvalue weighted by atomic mass is 9.86. The summed E-state index contributed by atoms with van der Waals surface area (Å²) in [6.45, 7) is 0.842. The molecule has 1 aromatic heterocycles. The number of benzene rings is 1. The molecule has 1 fully saturated rings. The SMILES string of the molecule is N#CC1CCOC[C@@H]1n1cc(C(N)=O)c(Nc2cc(Cl)c3c(c2)C=CB(O)O3)n1. The number of amides is 1. The number of halogens is 1. The lowest BCUT2D eigenvalue weighted by molar-refractivity contribution is 0.0342. The molecule has 11 heteroatoms. The number of primary amides is 1. The number of hydrogen-bond donors (Lipinski definition) is 3. The van der Waals surface area contributed by atoms with E-state index in [9.17, 15) is 15.1 Å². The van der Waals surface area contributed by atoms with Crippen LogP contribution in [0.15, 0.2) is 24.3 Å². The summed E-state index contributed by atoms with van der Waals surface area (Å²) in [5, 5.41) is 26.8. The molecule has 1 aromatic carbocycles. The average molecular weight is 414 g/mol. The van der Waals surface area contributed by atoms with Crippen LogP contribution in [0.1, 0.15) is 28.4 Å². The summed E-state index contributed by atoms with van der Waals surface area (Å²) in [6, 6.07) is 5.30. The number of nitrogens with zero attached hydrogens (tertiary/aromatic N) is 3. The van der Waals surface area contributed by atoms with E-state index < -0.39 is 13.0 Å². The first-order valence-corrected chi connectivity index (χ1v) is 9.34. The molecule has 3 heterocycles. The minimum atomic E-state index is -1.05. The molecule has 0 aliphatic carbocycles. The van der Waals surface area contributed by atoms with Crippen LogP contribution in [0, 0.1) is 17.2 Å². The normalized spacial score (nSPS) is 20.5. The van der Waals surface area contributed by atoms with Crippen molar-refractivity contribution < 1.29 is 19.2 Å². The number of rotatable bonds is 4. The van der Waals surface area contributed by atoms with Gasteiger partial charge in [-0.3, -0.25) is 9.48 Å². The molecule has 1 amide bonds. The summed E-state index contributed by atoms with van der Waals surface area (Å²) in [5.41, 5.74) is 6.93. The fourth-order valence-corrected chi connectivity index (χ4v) is 3.66. The van der Waals surface area contributed by atoms with Crippen molar-refractivity contribution in [1.29, 1.82) is 5.26 Å². The first kappa shape index (κ1) is 19.3. The van der Waals surface area contributed by atoms with Crippen LogP contribution < -0.4 is 15.7 Å². The van der Waals surface area contributed by atoms with Gasteiger partial charge in [-0.1, -0.05) is 17.7 Å². The topological polar surface area (TPSA) is 135 Å². The van der Waals surface area contributed by atoms with Crippen molar-refractivity contribution in [2.75, 3.05) is 18.5 Å². The first-order chi connectivity index (χ1) is 14.0. The summed E-state index contributed by atoms with van der Waals surface area (Å²) >= 11 is 6.27. The molecule has 2 aliphatic rings. The minimum absolute atomic E-state index is 0.184. The van der Waals surface area contributed by atoms with E-state index >= 15 is 0 Å². The van der Waals surface area contributed by atoms with Gasteiger partial charge in [0, 0.05) is 24.1 Å². The molecule has 2 aromatic rings. The molecule has 1 saturated heterocycles. The molecule has 0 radical (unpaired) electrons. The summed E-state index contributed by atoms with van der Waals surface area (Å²) in [6.07, 6.45) is 3.80. The second kappa shape index (κ2) is 7.79. The van der Waals surface area contributed by atoms with Gasteiger partial charge in [-0.15, -0.1) is 0 Å². The van der Waals surface area contributed by atoms with Crippen molar-refractivity contribution >= 4 is 42.2 Å². The zero-order valence-corrected chi connectivity index (χ0v) is 16.0. The highest BCUT2D eigenvalue weighted by molar-refractivity contribution is 6.52. The van der Waals surface area contributed by atoms with Gasteiger partial charge in [-0.25, -0.2) is 0 Å². The van der Waals surface area contributed by atoms with Gasteiger partial charge in [-0.2, -0.15) is 10.4 Å². The van der Waals surface area contributed by atoms with E-state index in [4.69, 9.17) is 26.7 Å². The zero-order chi connectivity index (χ0) is 20.5. The molecule has 1 unspecified atom stereocenters. The second-order valence-corrected chi connectivity index (χ2v) is 7.18. The number of nitrogens with two attached hydrogens (primary N) is 1. The lowest BCUT2D eigenvalue weighted by Gasteiger charge is -2.26. The highest BCUT2D eigenvalue weighted by Gasteiger charge is 2.30. The number of anilines is 2. The van der Waals surface area contributed by atoms with Crippen molar-refractivity contribution in [2.45, 2.75) is 12.5 Å². The highest BCUT2D eigenvalue weighted by Crippen LogP contribution is 2.37. The Morgan fingerprint density at radius 2 is 2.34 bits per heavy atom. The molecule has 148 valence electrons. The van der Waals surface area contributed by atoms with Gasteiger partial charge < -0.3 is 25.5 Å². The molecule has 4 rings (SSSR count). The average Bonchev–Trinajstić information content (AvgIpc) is 3.12. The number of carbonyl (C=O) groups excluding carboxylic acids is 1. The van der Waals surface area contributed by atoms with Crippen LogP contribution in [-0.2, 0) is 4.74 Å². The van der Waals surface area contributed by atoms with Gasteiger partial charge in [0.2, 0.25) is 0 Å². The predicted octanol–water partition coefficient (Wildman–Crippen LogP) is 1.91. The number of ether oxygens (including phenoxy) is 1. The first-order valence-electron chi connectivity index (χ1n) is 8.96. The zero-order valence-electron chi connectivity index (χ0n) is 15.2. The summed E-state index contributed by atoms with van der Waals surface area (Å²) in [5.74, 6) is 1.17. The van der Waals surface area contributed by atoms with Crippen LogP contribution in [0.5, 0.6) is 5.75 Å². The van der Waals surface area contributed by atoms with Crippen LogP contribution in [0.4, 0.5) is 11.5 Å². The van der Waals surface area contributed by atoms with Crippen LogP contribution in [0.3, 0.4) is 0 Å². The molecule has 2 atom stereocenters. The minimum Gasteiger partial charge on any atom is -0.531 e. The monoisotopic (exact) mass is 413 g/mol. The number of nitriles is 1. The highest BCUT2D eigenvalue weighted by atomic mass is 35.5. The summed E-state index contributed by atoms with van der Waals surface area (Å²) < 4.78 is 12.3. The van der Waals surface area contributed by atoms with Gasteiger partial charge in [0.1, 0.15) is 11.3 Å². The maximum atomic E-state index is 11.9. The molecule has 0 spiro atoms. The van der Waals surface area contributed by atoms with Crippen molar-refractivity contribution in [3.63, 3.8) is 0 Å². The predicted molar refractivity (Wildman–Crippen MR) is 107 cm³/mol. The van der Waals surface area contributed by atoms with E-state index in [2.05, 4.69) is 16.5 Å². The van der Waals surface area contributed by atoms with Crippen LogP contribution in [0.25, 0.3) is 6.08 Å². The number of nitrogens with one attached hydrogen (secondary N) is 1. The van der Waals surface area contributed by atoms with Crippen molar-refractivity contribution in [3.05, 3.63) is 40.5 Å². The van der Waals surface area contributed by atoms with E-state index in [1.807, 2.05) is 0 Å². The van der Waals surface area contributed by atoms with E-state index in [1.165, 1.54) is 12.2 Å². The molecule has 9 nitrogen and oxygen atoms in total. The largest absolute Gasteiger partial charge is 0.552 e. The molecule has 4 N–H and O–H groups in total. The van der Waals surface area contributed by atoms with Crippen molar-refractivity contribution in [2.24, 2.45) is 11.7 Å². The molecular weight excluding hydrogens is 396 g/mol. The Morgan fingerprint density at radius 1 is 1.52 bits per heavy atom. The van der Waals surface area contributed by atoms with Gasteiger partial charge in [0.15, 0.2) is 5.82 Å². The van der Waals surface area contributed by atoms with Crippen molar-refractivity contribution in [3.8, 4) is 11.8 Å². The fourth-order valence-electron chi connectivity index (χ4n) is 3.39. The van der Waals surface area contributed by atoms with Gasteiger partial charge in [0.05, 0.1) is 29.7 Å². The van der Waals surface area contributed by atoms with Crippen LogP contribution in [0.2, 0.25) is 5.02 Å².